The third-order valence-electron chi connectivity index (χ3n) is 4.12. The number of likely N-dealkylation sites (N-methyl/N-ethyl adjacent to an activating group) is 1. The second kappa shape index (κ2) is 8.60. The van der Waals surface area contributed by atoms with E-state index in [0.29, 0.717) is 17.3 Å². The van der Waals surface area contributed by atoms with Gasteiger partial charge in [0.25, 0.3) is 0 Å². The number of hydrogen-bond donors (Lipinski definition) is 3. The number of amides is 2. The van der Waals surface area contributed by atoms with Crippen LogP contribution in [0.15, 0.2) is 23.1 Å². The molecule has 1 aromatic carbocycles. The minimum absolute atomic E-state index is 0.0413. The third-order valence-corrected chi connectivity index (χ3v) is 5.15. The molecular formula is C16H22ClN3O3S. The molecule has 1 aromatic rings. The van der Waals surface area contributed by atoms with Crippen LogP contribution in [0.25, 0.3) is 0 Å². The minimum Gasteiger partial charge on any atom is -0.480 e. The van der Waals surface area contributed by atoms with Gasteiger partial charge in [0.2, 0.25) is 0 Å². The number of carboxylic acids is 1. The van der Waals surface area contributed by atoms with Gasteiger partial charge < -0.3 is 15.7 Å². The van der Waals surface area contributed by atoms with E-state index in [0.717, 1.165) is 17.7 Å². The van der Waals surface area contributed by atoms with Crippen molar-refractivity contribution < 1.29 is 14.7 Å². The average molecular weight is 372 g/mol. The molecule has 0 unspecified atom stereocenters. The molecule has 132 valence electrons. The Hall–Kier alpha value is -1.44. The van der Waals surface area contributed by atoms with Gasteiger partial charge in [0.05, 0.1) is 12.2 Å². The zero-order chi connectivity index (χ0) is 17.7. The Morgan fingerprint density at radius 1 is 1.42 bits per heavy atom. The maximum Gasteiger partial charge on any atom is 0.319 e. The highest BCUT2D eigenvalue weighted by molar-refractivity contribution is 7.98. The Labute approximate surface area is 150 Å². The van der Waals surface area contributed by atoms with Crippen molar-refractivity contribution in [2.75, 3.05) is 24.7 Å². The smallest absolute Gasteiger partial charge is 0.319 e. The van der Waals surface area contributed by atoms with Gasteiger partial charge in [0.1, 0.15) is 0 Å². The molecule has 2 amide bonds. The highest BCUT2D eigenvalue weighted by Gasteiger charge is 2.34. The fourth-order valence-electron chi connectivity index (χ4n) is 2.80. The lowest BCUT2D eigenvalue weighted by Crippen LogP contribution is -2.55. The quantitative estimate of drug-likeness (QED) is 0.641. The van der Waals surface area contributed by atoms with Crippen LogP contribution in [0.5, 0.6) is 0 Å². The zero-order valence-corrected chi connectivity index (χ0v) is 15.3. The molecule has 0 aliphatic heterocycles. The molecule has 0 bridgehead atoms. The number of aliphatic carboxylic acids is 1. The van der Waals surface area contributed by atoms with Gasteiger partial charge in [-0.2, -0.15) is 0 Å². The molecule has 1 fully saturated rings. The molecule has 0 atom stereocenters. The highest BCUT2D eigenvalue weighted by Crippen LogP contribution is 2.29. The van der Waals surface area contributed by atoms with Crippen LogP contribution in [-0.4, -0.2) is 53.4 Å². The Morgan fingerprint density at radius 3 is 2.71 bits per heavy atom. The SMILES string of the molecule is CCN(CC(=O)O)C1CC(NC(=O)Nc2cc(Cl)ccc2SC)C1. The van der Waals surface area contributed by atoms with Gasteiger partial charge in [-0.15, -0.1) is 11.8 Å². The number of carbonyl (C=O) groups excluding carboxylic acids is 1. The van der Waals surface area contributed by atoms with Crippen molar-refractivity contribution in [3.8, 4) is 0 Å². The predicted molar refractivity (Wildman–Crippen MR) is 97.1 cm³/mol. The van der Waals surface area contributed by atoms with Gasteiger partial charge in [-0.25, -0.2) is 4.79 Å². The van der Waals surface area contributed by atoms with Crippen LogP contribution in [0.2, 0.25) is 5.02 Å². The normalized spacial score (nSPS) is 19.7. The summed E-state index contributed by atoms with van der Waals surface area (Å²) in [6, 6.07) is 5.39. The molecular weight excluding hydrogens is 350 g/mol. The summed E-state index contributed by atoms with van der Waals surface area (Å²) in [6.07, 6.45) is 3.46. The van der Waals surface area contributed by atoms with Crippen molar-refractivity contribution in [1.82, 2.24) is 10.2 Å². The van der Waals surface area contributed by atoms with E-state index in [4.69, 9.17) is 16.7 Å². The number of nitrogens with one attached hydrogen (secondary N) is 2. The Kier molecular flexibility index (Phi) is 6.77. The van der Waals surface area contributed by atoms with Gasteiger partial charge in [0, 0.05) is 22.0 Å². The Balaban J connectivity index is 1.83. The van der Waals surface area contributed by atoms with E-state index in [-0.39, 0.29) is 24.7 Å². The first-order valence-electron chi connectivity index (χ1n) is 7.79. The van der Waals surface area contributed by atoms with E-state index in [1.807, 2.05) is 24.1 Å². The van der Waals surface area contributed by atoms with Crippen molar-refractivity contribution in [2.24, 2.45) is 0 Å². The van der Waals surface area contributed by atoms with Gasteiger partial charge in [-0.1, -0.05) is 18.5 Å². The second-order valence-electron chi connectivity index (χ2n) is 5.72. The number of anilines is 1. The summed E-state index contributed by atoms with van der Waals surface area (Å²) in [5.41, 5.74) is 0.685. The van der Waals surface area contributed by atoms with Crippen LogP contribution in [-0.2, 0) is 4.79 Å². The van der Waals surface area contributed by atoms with E-state index in [1.54, 1.807) is 12.1 Å². The fraction of sp³-hybridized carbons (Fsp3) is 0.500. The summed E-state index contributed by atoms with van der Waals surface area (Å²) in [7, 11) is 0. The fourth-order valence-corrected chi connectivity index (χ4v) is 3.50. The van der Waals surface area contributed by atoms with Crippen LogP contribution in [0.4, 0.5) is 10.5 Å². The molecule has 24 heavy (non-hydrogen) atoms. The van der Waals surface area contributed by atoms with Crippen LogP contribution in [0, 0.1) is 0 Å². The van der Waals surface area contributed by atoms with Crippen LogP contribution in [0.1, 0.15) is 19.8 Å². The van der Waals surface area contributed by atoms with Crippen molar-refractivity contribution in [3.05, 3.63) is 23.2 Å². The molecule has 1 aliphatic rings. The molecule has 0 heterocycles. The lowest BCUT2D eigenvalue weighted by molar-refractivity contribution is -0.139. The standard InChI is InChI=1S/C16H22ClN3O3S/c1-3-20(9-15(21)22)12-7-11(8-12)18-16(23)19-13-6-10(17)4-5-14(13)24-2/h4-6,11-12H,3,7-9H2,1-2H3,(H,21,22)(H2,18,19,23). The minimum atomic E-state index is -0.823. The summed E-state index contributed by atoms with van der Waals surface area (Å²) in [5.74, 6) is -0.823. The van der Waals surface area contributed by atoms with Gasteiger partial charge in [-0.05, 0) is 43.8 Å². The molecule has 0 spiro atoms. The van der Waals surface area contributed by atoms with Crippen LogP contribution >= 0.6 is 23.4 Å². The summed E-state index contributed by atoms with van der Waals surface area (Å²) in [5, 5.41) is 15.2. The van der Waals surface area contributed by atoms with Crippen molar-refractivity contribution in [2.45, 2.75) is 36.7 Å². The predicted octanol–water partition coefficient (Wildman–Crippen LogP) is 3.12. The number of carboxylic acid groups (broad SMARTS) is 1. The first-order chi connectivity index (χ1) is 11.4. The highest BCUT2D eigenvalue weighted by atomic mass is 35.5. The number of nitrogens with zero attached hydrogens (tertiary/aromatic N) is 1. The molecule has 2 rings (SSSR count). The Bertz CT molecular complexity index is 608. The molecule has 8 heteroatoms. The van der Waals surface area contributed by atoms with E-state index >= 15 is 0 Å². The maximum atomic E-state index is 12.1. The van der Waals surface area contributed by atoms with Crippen molar-refractivity contribution >= 4 is 41.1 Å². The van der Waals surface area contributed by atoms with Crippen molar-refractivity contribution in [1.29, 1.82) is 0 Å². The average Bonchev–Trinajstić information content (AvgIpc) is 2.48. The number of rotatable bonds is 7. The molecule has 0 saturated heterocycles. The number of urea groups is 1. The van der Waals surface area contributed by atoms with E-state index < -0.39 is 5.97 Å². The van der Waals surface area contributed by atoms with E-state index in [9.17, 15) is 9.59 Å². The summed E-state index contributed by atoms with van der Waals surface area (Å²) in [6.45, 7) is 2.68. The maximum absolute atomic E-state index is 12.1. The topological polar surface area (TPSA) is 81.7 Å². The van der Waals surface area contributed by atoms with E-state index in [1.165, 1.54) is 11.8 Å². The number of benzene rings is 1. The summed E-state index contributed by atoms with van der Waals surface area (Å²) in [4.78, 5) is 25.8. The molecule has 0 radical (unpaired) electrons. The Morgan fingerprint density at radius 2 is 2.12 bits per heavy atom. The number of carbonyl (C=O) groups is 2. The molecule has 1 aliphatic carbocycles. The summed E-state index contributed by atoms with van der Waals surface area (Å²) >= 11 is 7.51. The van der Waals surface area contributed by atoms with Crippen LogP contribution < -0.4 is 10.6 Å². The largest absolute Gasteiger partial charge is 0.480 e. The second-order valence-corrected chi connectivity index (χ2v) is 7.01. The van der Waals surface area contributed by atoms with Gasteiger partial charge in [-0.3, -0.25) is 9.69 Å². The monoisotopic (exact) mass is 371 g/mol. The molecule has 3 N–H and O–H groups in total. The van der Waals surface area contributed by atoms with Gasteiger partial charge in [0.15, 0.2) is 0 Å². The van der Waals surface area contributed by atoms with Crippen LogP contribution in [0.3, 0.4) is 0 Å². The number of halogens is 1. The van der Waals surface area contributed by atoms with Crippen molar-refractivity contribution in [3.63, 3.8) is 0 Å². The zero-order valence-electron chi connectivity index (χ0n) is 13.7. The number of thioether (sulfide) groups is 1. The molecule has 6 nitrogen and oxygen atoms in total. The molecule has 0 aromatic heterocycles. The summed E-state index contributed by atoms with van der Waals surface area (Å²) < 4.78 is 0. The first kappa shape index (κ1) is 18.9. The lowest BCUT2D eigenvalue weighted by Gasteiger charge is -2.42. The lowest BCUT2D eigenvalue weighted by atomic mass is 9.85. The third kappa shape index (κ3) is 5.03. The molecule has 1 saturated carbocycles. The number of hydrogen-bond acceptors (Lipinski definition) is 4. The van der Waals surface area contributed by atoms with E-state index in [2.05, 4.69) is 10.6 Å². The van der Waals surface area contributed by atoms with Gasteiger partial charge >= 0.3 is 12.0 Å². The first-order valence-corrected chi connectivity index (χ1v) is 9.40.